The SMILES string of the molecule is CC(CCl)CCCNC(=O)c1ccc(Cl)o1. The van der Waals surface area contributed by atoms with Crippen molar-refractivity contribution in [2.75, 3.05) is 12.4 Å². The summed E-state index contributed by atoms with van der Waals surface area (Å²) in [5, 5.41) is 2.98. The van der Waals surface area contributed by atoms with Crippen molar-refractivity contribution in [1.29, 1.82) is 0 Å². The maximum Gasteiger partial charge on any atom is 0.287 e. The van der Waals surface area contributed by atoms with Crippen LogP contribution in [0.2, 0.25) is 5.22 Å². The van der Waals surface area contributed by atoms with Gasteiger partial charge in [0.05, 0.1) is 0 Å². The molecule has 0 fully saturated rings. The fourth-order valence-corrected chi connectivity index (χ4v) is 1.55. The van der Waals surface area contributed by atoms with Crippen molar-refractivity contribution in [3.8, 4) is 0 Å². The number of carbonyl (C=O) groups is 1. The molecule has 0 spiro atoms. The van der Waals surface area contributed by atoms with Crippen molar-refractivity contribution in [2.45, 2.75) is 19.8 Å². The van der Waals surface area contributed by atoms with Gasteiger partial charge in [-0.15, -0.1) is 11.6 Å². The predicted octanol–water partition coefficient (Wildman–Crippen LogP) is 3.32. The molecular weight excluding hydrogens is 249 g/mol. The van der Waals surface area contributed by atoms with Crippen molar-refractivity contribution in [3.63, 3.8) is 0 Å². The first-order valence-electron chi connectivity index (χ1n) is 5.23. The summed E-state index contributed by atoms with van der Waals surface area (Å²) in [5.74, 6) is 1.15. The molecule has 0 aliphatic carbocycles. The first-order valence-corrected chi connectivity index (χ1v) is 6.14. The van der Waals surface area contributed by atoms with Crippen LogP contribution in [0.4, 0.5) is 0 Å². The first kappa shape index (κ1) is 13.4. The zero-order valence-corrected chi connectivity index (χ0v) is 10.6. The molecule has 0 bridgehead atoms. The topological polar surface area (TPSA) is 42.2 Å². The van der Waals surface area contributed by atoms with Crippen LogP contribution >= 0.6 is 23.2 Å². The van der Waals surface area contributed by atoms with Gasteiger partial charge >= 0.3 is 0 Å². The molecule has 1 amide bonds. The average molecular weight is 264 g/mol. The summed E-state index contributed by atoms with van der Waals surface area (Å²) >= 11 is 11.2. The van der Waals surface area contributed by atoms with Crippen LogP contribution < -0.4 is 5.32 Å². The summed E-state index contributed by atoms with van der Waals surface area (Å²) in [5.41, 5.74) is 0. The number of nitrogens with one attached hydrogen (secondary N) is 1. The Hall–Kier alpha value is -0.670. The second-order valence-corrected chi connectivity index (χ2v) is 4.44. The van der Waals surface area contributed by atoms with E-state index in [2.05, 4.69) is 12.2 Å². The van der Waals surface area contributed by atoms with Crippen molar-refractivity contribution >= 4 is 29.1 Å². The third kappa shape index (κ3) is 4.45. The van der Waals surface area contributed by atoms with Gasteiger partial charge in [-0.2, -0.15) is 0 Å². The second kappa shape index (κ2) is 6.81. The molecule has 1 rings (SSSR count). The standard InChI is InChI=1S/C11H15Cl2NO2/c1-8(7-12)3-2-6-14-11(15)9-4-5-10(13)16-9/h4-5,8H,2-3,6-7H2,1H3,(H,14,15). The van der Waals surface area contributed by atoms with Crippen molar-refractivity contribution in [2.24, 2.45) is 5.92 Å². The fraction of sp³-hybridized carbons (Fsp3) is 0.545. The lowest BCUT2D eigenvalue weighted by molar-refractivity contribution is 0.0925. The van der Waals surface area contributed by atoms with Gasteiger partial charge in [-0.25, -0.2) is 0 Å². The third-order valence-electron chi connectivity index (χ3n) is 2.22. The van der Waals surface area contributed by atoms with E-state index >= 15 is 0 Å². The van der Waals surface area contributed by atoms with Gasteiger partial charge in [-0.05, 0) is 42.5 Å². The zero-order chi connectivity index (χ0) is 12.0. The molecule has 1 heterocycles. The molecule has 0 saturated carbocycles. The van der Waals surface area contributed by atoms with Crippen molar-refractivity contribution in [1.82, 2.24) is 5.32 Å². The molecule has 3 nitrogen and oxygen atoms in total. The predicted molar refractivity (Wildman–Crippen MR) is 65.2 cm³/mol. The van der Waals surface area contributed by atoms with Gasteiger partial charge in [0.15, 0.2) is 11.0 Å². The molecule has 1 unspecified atom stereocenters. The molecule has 0 aliphatic rings. The number of hydrogen-bond acceptors (Lipinski definition) is 2. The lowest BCUT2D eigenvalue weighted by Crippen LogP contribution is -2.24. The number of amides is 1. The molecule has 0 aliphatic heterocycles. The average Bonchev–Trinajstić information content (AvgIpc) is 2.70. The van der Waals surface area contributed by atoms with E-state index in [0.29, 0.717) is 18.3 Å². The Morgan fingerprint density at radius 2 is 2.31 bits per heavy atom. The highest BCUT2D eigenvalue weighted by Crippen LogP contribution is 2.12. The number of hydrogen-bond donors (Lipinski definition) is 1. The minimum atomic E-state index is -0.231. The van der Waals surface area contributed by atoms with Crippen LogP contribution in [0, 0.1) is 5.92 Å². The minimum Gasteiger partial charge on any atom is -0.440 e. The molecule has 1 atom stereocenters. The summed E-state index contributed by atoms with van der Waals surface area (Å²) in [6.07, 6.45) is 1.91. The molecule has 5 heteroatoms. The highest BCUT2D eigenvalue weighted by atomic mass is 35.5. The van der Waals surface area contributed by atoms with Crippen LogP contribution in [0.5, 0.6) is 0 Å². The molecule has 16 heavy (non-hydrogen) atoms. The Bertz CT molecular complexity index is 338. The molecule has 0 aromatic carbocycles. The highest BCUT2D eigenvalue weighted by molar-refractivity contribution is 6.29. The van der Waals surface area contributed by atoms with Crippen LogP contribution in [-0.2, 0) is 0 Å². The van der Waals surface area contributed by atoms with E-state index in [1.807, 2.05) is 0 Å². The Morgan fingerprint density at radius 3 is 2.88 bits per heavy atom. The van der Waals surface area contributed by atoms with E-state index in [-0.39, 0.29) is 16.9 Å². The molecule has 0 saturated heterocycles. The Labute approximate surface area is 105 Å². The van der Waals surface area contributed by atoms with Gasteiger partial charge in [-0.3, -0.25) is 4.79 Å². The molecule has 1 aromatic rings. The number of alkyl halides is 1. The highest BCUT2D eigenvalue weighted by Gasteiger charge is 2.09. The number of rotatable bonds is 6. The maximum atomic E-state index is 11.5. The fourth-order valence-electron chi connectivity index (χ4n) is 1.25. The van der Waals surface area contributed by atoms with Crippen molar-refractivity contribution in [3.05, 3.63) is 23.1 Å². The third-order valence-corrected chi connectivity index (χ3v) is 2.95. The van der Waals surface area contributed by atoms with E-state index in [9.17, 15) is 4.79 Å². The molecule has 90 valence electrons. The van der Waals surface area contributed by atoms with Crippen LogP contribution in [0.3, 0.4) is 0 Å². The summed E-state index contributed by atoms with van der Waals surface area (Å²) in [4.78, 5) is 11.5. The Morgan fingerprint density at radius 1 is 1.56 bits per heavy atom. The van der Waals surface area contributed by atoms with Crippen molar-refractivity contribution < 1.29 is 9.21 Å². The summed E-state index contributed by atoms with van der Waals surface area (Å²) in [6.45, 7) is 2.71. The number of halogens is 2. The van der Waals surface area contributed by atoms with Gasteiger partial charge < -0.3 is 9.73 Å². The largest absolute Gasteiger partial charge is 0.440 e. The smallest absolute Gasteiger partial charge is 0.287 e. The van der Waals surface area contributed by atoms with Crippen LogP contribution in [0.1, 0.15) is 30.3 Å². The van der Waals surface area contributed by atoms with E-state index in [4.69, 9.17) is 27.6 Å². The van der Waals surface area contributed by atoms with Crippen LogP contribution in [-0.4, -0.2) is 18.3 Å². The quantitative estimate of drug-likeness (QED) is 0.632. The zero-order valence-electron chi connectivity index (χ0n) is 9.13. The van der Waals surface area contributed by atoms with E-state index in [1.165, 1.54) is 0 Å². The summed E-state index contributed by atoms with van der Waals surface area (Å²) in [7, 11) is 0. The monoisotopic (exact) mass is 263 g/mol. The van der Waals surface area contributed by atoms with E-state index < -0.39 is 0 Å². The molecule has 0 radical (unpaired) electrons. The number of furan rings is 1. The summed E-state index contributed by atoms with van der Waals surface area (Å²) < 4.78 is 4.98. The van der Waals surface area contributed by atoms with E-state index in [1.54, 1.807) is 12.1 Å². The van der Waals surface area contributed by atoms with Crippen LogP contribution in [0.25, 0.3) is 0 Å². The van der Waals surface area contributed by atoms with Gasteiger partial charge in [-0.1, -0.05) is 6.92 Å². The summed E-state index contributed by atoms with van der Waals surface area (Å²) in [6, 6.07) is 3.10. The van der Waals surface area contributed by atoms with Gasteiger partial charge in [0, 0.05) is 12.4 Å². The minimum absolute atomic E-state index is 0.223. The second-order valence-electron chi connectivity index (χ2n) is 3.76. The lowest BCUT2D eigenvalue weighted by atomic mass is 10.1. The number of carbonyl (C=O) groups excluding carboxylic acids is 1. The molecule has 1 N–H and O–H groups in total. The first-order chi connectivity index (χ1) is 7.63. The molecular formula is C11H15Cl2NO2. The Kier molecular flexibility index (Phi) is 5.71. The van der Waals surface area contributed by atoms with Gasteiger partial charge in [0.2, 0.25) is 0 Å². The van der Waals surface area contributed by atoms with Gasteiger partial charge in [0.25, 0.3) is 5.91 Å². The maximum absolute atomic E-state index is 11.5. The Balaban J connectivity index is 2.21. The van der Waals surface area contributed by atoms with Gasteiger partial charge in [0.1, 0.15) is 0 Å². The normalized spacial score (nSPS) is 12.4. The van der Waals surface area contributed by atoms with Crippen LogP contribution in [0.15, 0.2) is 16.5 Å². The molecule has 1 aromatic heterocycles. The lowest BCUT2D eigenvalue weighted by Gasteiger charge is -2.07. The van der Waals surface area contributed by atoms with E-state index in [0.717, 1.165) is 12.8 Å².